The van der Waals surface area contributed by atoms with E-state index in [-0.39, 0.29) is 11.8 Å². The lowest BCUT2D eigenvalue weighted by molar-refractivity contribution is 0.0933. The molecule has 0 heterocycles. The maximum absolute atomic E-state index is 11.8. The molecule has 0 saturated carbocycles. The van der Waals surface area contributed by atoms with Crippen LogP contribution in [0.5, 0.6) is 0 Å². The van der Waals surface area contributed by atoms with E-state index < -0.39 is 0 Å². The van der Waals surface area contributed by atoms with Gasteiger partial charge in [0.2, 0.25) is 0 Å². The molecule has 2 N–H and O–H groups in total. The van der Waals surface area contributed by atoms with Crippen LogP contribution in [-0.2, 0) is 17.6 Å². The van der Waals surface area contributed by atoms with Crippen LogP contribution in [-0.4, -0.2) is 38.6 Å². The lowest BCUT2D eigenvalue weighted by Gasteiger charge is -2.09. The predicted octanol–water partition coefficient (Wildman–Crippen LogP) is 4.40. The molecule has 0 fully saturated rings. The van der Waals surface area contributed by atoms with Gasteiger partial charge >= 0.3 is 0 Å². The summed E-state index contributed by atoms with van der Waals surface area (Å²) in [4.78, 5) is 23.5. The second-order valence-electron chi connectivity index (χ2n) is 6.92. The summed E-state index contributed by atoms with van der Waals surface area (Å²) < 4.78 is 4.89. The Hall–Kier alpha value is -2.66. The molecular weight excluding hydrogens is 376 g/mol. The Kier molecular flexibility index (Phi) is 12.9. The minimum atomic E-state index is -0.0129. The molecule has 0 aliphatic carbocycles. The first-order valence-electron chi connectivity index (χ1n) is 10.8. The van der Waals surface area contributed by atoms with Gasteiger partial charge in [0, 0.05) is 31.3 Å². The molecule has 0 radical (unpaired) electrons. The maximum atomic E-state index is 11.8. The zero-order chi connectivity index (χ0) is 22.2. The minimum Gasteiger partial charge on any atom is -0.383 e. The summed E-state index contributed by atoms with van der Waals surface area (Å²) in [6, 6.07) is 15.5. The van der Waals surface area contributed by atoms with E-state index in [1.165, 1.54) is 0 Å². The third-order valence-electron chi connectivity index (χ3n) is 4.49. The van der Waals surface area contributed by atoms with Crippen LogP contribution in [0, 0.1) is 0 Å². The van der Waals surface area contributed by atoms with Gasteiger partial charge in [0.05, 0.1) is 6.61 Å². The van der Waals surface area contributed by atoms with Gasteiger partial charge in [-0.3, -0.25) is 9.59 Å². The number of hydrogen-bond donors (Lipinski definition) is 2. The van der Waals surface area contributed by atoms with Crippen LogP contribution in [0.25, 0.3) is 0 Å². The Bertz CT molecular complexity index is 774. The fourth-order valence-corrected chi connectivity index (χ4v) is 3.08. The fourth-order valence-electron chi connectivity index (χ4n) is 3.08. The molecule has 2 amide bonds. The lowest BCUT2D eigenvalue weighted by Crippen LogP contribution is -2.27. The molecular formula is C25H36N2O3. The largest absolute Gasteiger partial charge is 0.383 e. The summed E-state index contributed by atoms with van der Waals surface area (Å²) in [5.74, 6) is 0.0256. The predicted molar refractivity (Wildman–Crippen MR) is 123 cm³/mol. The quantitative estimate of drug-likeness (QED) is 0.568. The van der Waals surface area contributed by atoms with E-state index in [0.717, 1.165) is 47.9 Å². The van der Waals surface area contributed by atoms with Crippen molar-refractivity contribution in [3.63, 3.8) is 0 Å². The normalized spacial score (nSPS) is 10.0. The molecule has 2 aromatic rings. The third kappa shape index (κ3) is 8.78. The SMILES string of the molecule is CCCc1ccccc1C(=O)NCC.CCCc1ccccc1C(=O)NCCOC. The highest BCUT2D eigenvalue weighted by Crippen LogP contribution is 2.11. The van der Waals surface area contributed by atoms with Crippen LogP contribution in [0.1, 0.15) is 65.5 Å². The summed E-state index contributed by atoms with van der Waals surface area (Å²) in [5.41, 5.74) is 3.84. The van der Waals surface area contributed by atoms with Crippen molar-refractivity contribution in [1.82, 2.24) is 10.6 Å². The molecule has 2 rings (SSSR count). The van der Waals surface area contributed by atoms with Crippen molar-refractivity contribution in [2.45, 2.75) is 46.5 Å². The van der Waals surface area contributed by atoms with Gasteiger partial charge < -0.3 is 15.4 Å². The van der Waals surface area contributed by atoms with Gasteiger partial charge in [-0.2, -0.15) is 0 Å². The van der Waals surface area contributed by atoms with Crippen molar-refractivity contribution < 1.29 is 14.3 Å². The molecule has 0 bridgehead atoms. The van der Waals surface area contributed by atoms with Crippen LogP contribution < -0.4 is 10.6 Å². The topological polar surface area (TPSA) is 67.4 Å². The summed E-state index contributed by atoms with van der Waals surface area (Å²) in [6.45, 7) is 7.94. The van der Waals surface area contributed by atoms with Gasteiger partial charge in [-0.15, -0.1) is 0 Å². The van der Waals surface area contributed by atoms with E-state index >= 15 is 0 Å². The highest BCUT2D eigenvalue weighted by Gasteiger charge is 2.09. The van der Waals surface area contributed by atoms with Gasteiger partial charge in [-0.25, -0.2) is 0 Å². The van der Waals surface area contributed by atoms with Gasteiger partial charge in [0.1, 0.15) is 0 Å². The molecule has 30 heavy (non-hydrogen) atoms. The molecule has 0 aliphatic rings. The van der Waals surface area contributed by atoms with Crippen molar-refractivity contribution in [3.05, 3.63) is 70.8 Å². The van der Waals surface area contributed by atoms with E-state index in [0.29, 0.717) is 19.7 Å². The summed E-state index contributed by atoms with van der Waals surface area (Å²) in [7, 11) is 1.62. The number of amides is 2. The minimum absolute atomic E-state index is 0.0129. The van der Waals surface area contributed by atoms with Crippen molar-refractivity contribution in [3.8, 4) is 0 Å². The standard InChI is InChI=1S/C13H19NO2.C12H17NO/c1-3-6-11-7-4-5-8-12(11)13(15)14-9-10-16-2;1-3-7-10-8-5-6-9-11(10)12(14)13-4-2/h4-5,7-8H,3,6,9-10H2,1-2H3,(H,14,15);5-6,8-9H,3-4,7H2,1-2H3,(H,13,14). The van der Waals surface area contributed by atoms with Crippen LogP contribution in [0.2, 0.25) is 0 Å². The van der Waals surface area contributed by atoms with Gasteiger partial charge in [0.15, 0.2) is 0 Å². The summed E-state index contributed by atoms with van der Waals surface area (Å²) in [6.07, 6.45) is 4.01. The first-order chi connectivity index (χ1) is 14.6. The molecule has 164 valence electrons. The van der Waals surface area contributed by atoms with E-state index in [2.05, 4.69) is 24.5 Å². The Morgan fingerprint density at radius 1 is 0.767 bits per heavy atom. The van der Waals surface area contributed by atoms with Crippen molar-refractivity contribution in [2.24, 2.45) is 0 Å². The number of hydrogen-bond acceptors (Lipinski definition) is 3. The fraction of sp³-hybridized carbons (Fsp3) is 0.440. The molecule has 5 nitrogen and oxygen atoms in total. The molecule has 0 unspecified atom stereocenters. The van der Waals surface area contributed by atoms with Gasteiger partial charge in [-0.05, 0) is 43.0 Å². The van der Waals surface area contributed by atoms with Gasteiger partial charge in [-0.1, -0.05) is 63.1 Å². The van der Waals surface area contributed by atoms with Crippen molar-refractivity contribution in [1.29, 1.82) is 0 Å². The number of carbonyl (C=O) groups excluding carboxylic acids is 2. The number of aryl methyl sites for hydroxylation is 2. The lowest BCUT2D eigenvalue weighted by atomic mass is 10.0. The molecule has 2 aromatic carbocycles. The van der Waals surface area contributed by atoms with Crippen LogP contribution in [0.4, 0.5) is 0 Å². The van der Waals surface area contributed by atoms with Crippen LogP contribution in [0.15, 0.2) is 48.5 Å². The first kappa shape index (κ1) is 25.4. The van der Waals surface area contributed by atoms with E-state index in [1.54, 1.807) is 7.11 Å². The summed E-state index contributed by atoms with van der Waals surface area (Å²) >= 11 is 0. The van der Waals surface area contributed by atoms with E-state index in [4.69, 9.17) is 4.74 Å². The van der Waals surface area contributed by atoms with Gasteiger partial charge in [0.25, 0.3) is 11.8 Å². The maximum Gasteiger partial charge on any atom is 0.251 e. The molecule has 0 aromatic heterocycles. The third-order valence-corrected chi connectivity index (χ3v) is 4.49. The van der Waals surface area contributed by atoms with Crippen LogP contribution in [0.3, 0.4) is 0 Å². The highest BCUT2D eigenvalue weighted by molar-refractivity contribution is 5.96. The van der Waals surface area contributed by atoms with Crippen molar-refractivity contribution in [2.75, 3.05) is 26.8 Å². The molecule has 0 spiro atoms. The number of ether oxygens (including phenoxy) is 1. The first-order valence-corrected chi connectivity index (χ1v) is 10.8. The smallest absolute Gasteiger partial charge is 0.251 e. The molecule has 0 atom stereocenters. The Balaban J connectivity index is 0.000000303. The number of benzene rings is 2. The number of methoxy groups -OCH3 is 1. The Morgan fingerprint density at radius 2 is 1.23 bits per heavy atom. The molecule has 5 heteroatoms. The number of rotatable bonds is 10. The highest BCUT2D eigenvalue weighted by atomic mass is 16.5. The second-order valence-corrected chi connectivity index (χ2v) is 6.92. The van der Waals surface area contributed by atoms with Crippen LogP contribution >= 0.6 is 0 Å². The average Bonchev–Trinajstić information content (AvgIpc) is 2.76. The summed E-state index contributed by atoms with van der Waals surface area (Å²) in [5, 5.41) is 5.66. The Labute approximate surface area is 181 Å². The van der Waals surface area contributed by atoms with E-state index in [9.17, 15) is 9.59 Å². The molecule has 0 aliphatic heterocycles. The number of carbonyl (C=O) groups is 2. The van der Waals surface area contributed by atoms with Crippen molar-refractivity contribution >= 4 is 11.8 Å². The Morgan fingerprint density at radius 3 is 1.67 bits per heavy atom. The zero-order valence-corrected chi connectivity index (χ0v) is 18.8. The number of nitrogens with one attached hydrogen (secondary N) is 2. The average molecular weight is 413 g/mol. The second kappa shape index (κ2) is 15.2. The zero-order valence-electron chi connectivity index (χ0n) is 18.8. The molecule has 0 saturated heterocycles. The monoisotopic (exact) mass is 412 g/mol. The van der Waals surface area contributed by atoms with E-state index in [1.807, 2.05) is 55.5 Å².